The number of carbonyl (C=O) groups is 3. The molecule has 0 bridgehead atoms. The molecular formula is C19H24N2O6. The molecule has 8 nitrogen and oxygen atoms in total. The maximum atomic E-state index is 13.0. The van der Waals surface area contributed by atoms with Gasteiger partial charge >= 0.3 is 18.2 Å². The summed E-state index contributed by atoms with van der Waals surface area (Å²) in [6, 6.07) is 6.54. The van der Waals surface area contributed by atoms with Crippen molar-refractivity contribution in [1.29, 1.82) is 0 Å². The molecule has 3 atom stereocenters. The molecule has 1 aromatic carbocycles. The fraction of sp³-hybridized carbons (Fsp3) is 0.526. The van der Waals surface area contributed by atoms with E-state index >= 15 is 0 Å². The van der Waals surface area contributed by atoms with Gasteiger partial charge in [0.1, 0.15) is 17.8 Å². The maximum absolute atomic E-state index is 13.0. The van der Waals surface area contributed by atoms with Crippen molar-refractivity contribution in [3.8, 4) is 0 Å². The number of methoxy groups -OCH3 is 2. The fourth-order valence-electron chi connectivity index (χ4n) is 3.81. The van der Waals surface area contributed by atoms with Gasteiger partial charge in [-0.3, -0.25) is 9.80 Å². The van der Waals surface area contributed by atoms with Crippen LogP contribution in [0.4, 0.5) is 15.3 Å². The van der Waals surface area contributed by atoms with E-state index in [9.17, 15) is 14.4 Å². The van der Waals surface area contributed by atoms with E-state index in [1.165, 1.54) is 24.0 Å². The van der Waals surface area contributed by atoms with Gasteiger partial charge in [0.2, 0.25) is 0 Å². The summed E-state index contributed by atoms with van der Waals surface area (Å²) < 4.78 is 15.3. The first-order valence-electron chi connectivity index (χ1n) is 8.75. The Morgan fingerprint density at radius 2 is 1.70 bits per heavy atom. The highest BCUT2D eigenvalue weighted by molar-refractivity contribution is 5.94. The summed E-state index contributed by atoms with van der Waals surface area (Å²) in [5.41, 5.74) is 0.841. The lowest BCUT2D eigenvalue weighted by Gasteiger charge is -2.34. The number of ether oxygens (including phenoxy) is 3. The minimum absolute atomic E-state index is 0.239. The number of nitrogens with zero attached hydrogens (tertiary/aromatic N) is 2. The Bertz CT molecular complexity index is 772. The van der Waals surface area contributed by atoms with E-state index < -0.39 is 36.0 Å². The molecule has 27 heavy (non-hydrogen) atoms. The van der Waals surface area contributed by atoms with Gasteiger partial charge in [-0.25, -0.2) is 14.4 Å². The average Bonchev–Trinajstić information content (AvgIpc) is 3.13. The molecule has 0 aromatic heterocycles. The van der Waals surface area contributed by atoms with Crippen LogP contribution in [-0.2, 0) is 19.0 Å². The molecule has 0 unspecified atom stereocenters. The molecule has 0 saturated carbocycles. The predicted octanol–water partition coefficient (Wildman–Crippen LogP) is 2.87. The third kappa shape index (κ3) is 3.20. The molecule has 0 N–H and O–H groups in total. The summed E-state index contributed by atoms with van der Waals surface area (Å²) in [6.07, 6.45) is -1.65. The van der Waals surface area contributed by atoms with Crippen LogP contribution in [0.5, 0.6) is 0 Å². The molecular weight excluding hydrogens is 352 g/mol. The predicted molar refractivity (Wildman–Crippen MR) is 96.3 cm³/mol. The largest absolute Gasteiger partial charge is 0.467 e. The molecule has 3 rings (SSSR count). The highest BCUT2D eigenvalue weighted by Crippen LogP contribution is 2.50. The lowest BCUT2D eigenvalue weighted by molar-refractivity contribution is -0.145. The number of fused-ring (bicyclic) bond motifs is 3. The smallest absolute Gasteiger partial charge is 0.416 e. The Morgan fingerprint density at radius 1 is 1.04 bits per heavy atom. The van der Waals surface area contributed by atoms with Gasteiger partial charge in [0.25, 0.3) is 0 Å². The van der Waals surface area contributed by atoms with E-state index in [2.05, 4.69) is 0 Å². The Balaban J connectivity index is 2.08. The van der Waals surface area contributed by atoms with Crippen molar-refractivity contribution in [1.82, 2.24) is 4.90 Å². The summed E-state index contributed by atoms with van der Waals surface area (Å²) in [5.74, 6) is -0.784. The molecule has 1 fully saturated rings. The Labute approximate surface area is 158 Å². The molecule has 1 aromatic rings. The number of esters is 1. The molecule has 2 aliphatic heterocycles. The summed E-state index contributed by atoms with van der Waals surface area (Å²) in [6.45, 7) is 5.32. The van der Waals surface area contributed by atoms with Gasteiger partial charge in [0, 0.05) is 5.92 Å². The van der Waals surface area contributed by atoms with E-state index in [1.807, 2.05) is 18.2 Å². The van der Waals surface area contributed by atoms with Crippen molar-refractivity contribution in [3.63, 3.8) is 0 Å². The molecule has 0 spiro atoms. The molecule has 2 aliphatic rings. The lowest BCUT2D eigenvalue weighted by Crippen LogP contribution is -2.54. The van der Waals surface area contributed by atoms with Crippen molar-refractivity contribution < 1.29 is 28.6 Å². The van der Waals surface area contributed by atoms with Crippen LogP contribution in [0.15, 0.2) is 24.3 Å². The zero-order chi connectivity index (χ0) is 19.9. The molecule has 8 heteroatoms. The van der Waals surface area contributed by atoms with Crippen LogP contribution >= 0.6 is 0 Å². The second-order valence-electron chi connectivity index (χ2n) is 7.58. The zero-order valence-electron chi connectivity index (χ0n) is 16.1. The van der Waals surface area contributed by atoms with Gasteiger partial charge in [0.05, 0.1) is 19.9 Å². The quantitative estimate of drug-likeness (QED) is 0.553. The standard InChI is InChI=1S/C19H24N2O6/c1-19(2,3)27-18(24)20-13-9-7-6-8-11(13)12-10-14(16(22)25-4)21(15(12)20)17(23)26-5/h6-9,12,14-15H,10H2,1-5H3/t12-,14-,15-/m0/s1. The summed E-state index contributed by atoms with van der Waals surface area (Å²) in [7, 11) is 2.51. The molecule has 2 amide bonds. The summed E-state index contributed by atoms with van der Waals surface area (Å²) >= 11 is 0. The number of carbonyl (C=O) groups excluding carboxylic acids is 3. The van der Waals surface area contributed by atoms with Gasteiger partial charge in [0.15, 0.2) is 0 Å². The number of anilines is 1. The van der Waals surface area contributed by atoms with Gasteiger partial charge in [-0.05, 0) is 38.8 Å². The zero-order valence-corrected chi connectivity index (χ0v) is 16.1. The van der Waals surface area contributed by atoms with Gasteiger partial charge in [-0.1, -0.05) is 18.2 Å². The normalized spacial score (nSPS) is 23.5. The second-order valence-corrected chi connectivity index (χ2v) is 7.58. The highest BCUT2D eigenvalue weighted by Gasteiger charge is 2.57. The Kier molecular flexibility index (Phi) is 4.75. The molecule has 0 aliphatic carbocycles. The number of likely N-dealkylation sites (tertiary alicyclic amines) is 1. The number of hydrogen-bond donors (Lipinski definition) is 0. The fourth-order valence-corrected chi connectivity index (χ4v) is 3.81. The SMILES string of the molecule is COC(=O)[C@@H]1C[C@H]2c3ccccc3N(C(=O)OC(C)(C)C)[C@H]2N1C(=O)OC. The minimum atomic E-state index is -0.837. The van der Waals surface area contributed by atoms with E-state index in [1.54, 1.807) is 26.8 Å². The van der Waals surface area contributed by atoms with Gasteiger partial charge < -0.3 is 14.2 Å². The van der Waals surface area contributed by atoms with Crippen LogP contribution in [-0.4, -0.2) is 55.1 Å². The summed E-state index contributed by atoms with van der Waals surface area (Å²) in [4.78, 5) is 40.5. The van der Waals surface area contributed by atoms with Crippen LogP contribution < -0.4 is 4.90 Å². The monoisotopic (exact) mass is 376 g/mol. The van der Waals surface area contributed by atoms with Crippen LogP contribution in [0.3, 0.4) is 0 Å². The number of para-hydroxylation sites is 1. The number of rotatable bonds is 1. The maximum Gasteiger partial charge on any atom is 0.416 e. The van der Waals surface area contributed by atoms with Crippen molar-refractivity contribution in [3.05, 3.63) is 29.8 Å². The minimum Gasteiger partial charge on any atom is -0.467 e. The third-order valence-corrected chi connectivity index (χ3v) is 4.77. The third-order valence-electron chi connectivity index (χ3n) is 4.77. The Hall–Kier alpha value is -2.77. The molecule has 0 radical (unpaired) electrons. The highest BCUT2D eigenvalue weighted by atomic mass is 16.6. The number of amides is 2. The molecule has 2 heterocycles. The molecule has 1 saturated heterocycles. The van der Waals surface area contributed by atoms with Crippen molar-refractivity contribution in [2.45, 2.75) is 50.9 Å². The second kappa shape index (κ2) is 6.75. The molecule has 146 valence electrons. The Morgan fingerprint density at radius 3 is 2.30 bits per heavy atom. The first kappa shape index (κ1) is 19.0. The lowest BCUT2D eigenvalue weighted by atomic mass is 9.96. The first-order valence-corrected chi connectivity index (χ1v) is 8.75. The summed E-state index contributed by atoms with van der Waals surface area (Å²) in [5, 5.41) is 0. The van der Waals surface area contributed by atoms with Crippen LogP contribution in [0.2, 0.25) is 0 Å². The van der Waals surface area contributed by atoms with E-state index in [0.717, 1.165) is 5.56 Å². The van der Waals surface area contributed by atoms with Crippen molar-refractivity contribution in [2.75, 3.05) is 19.1 Å². The van der Waals surface area contributed by atoms with E-state index in [0.29, 0.717) is 12.1 Å². The van der Waals surface area contributed by atoms with E-state index in [-0.39, 0.29) is 5.92 Å². The number of hydrogen-bond acceptors (Lipinski definition) is 6. The van der Waals surface area contributed by atoms with Crippen LogP contribution in [0.25, 0.3) is 0 Å². The van der Waals surface area contributed by atoms with Crippen molar-refractivity contribution >= 4 is 23.8 Å². The van der Waals surface area contributed by atoms with Gasteiger partial charge in [-0.15, -0.1) is 0 Å². The van der Waals surface area contributed by atoms with Crippen molar-refractivity contribution in [2.24, 2.45) is 0 Å². The van der Waals surface area contributed by atoms with Crippen LogP contribution in [0, 0.1) is 0 Å². The first-order chi connectivity index (χ1) is 12.7. The van der Waals surface area contributed by atoms with Gasteiger partial charge in [-0.2, -0.15) is 0 Å². The van der Waals surface area contributed by atoms with Crippen LogP contribution in [0.1, 0.15) is 38.7 Å². The topological polar surface area (TPSA) is 85.4 Å². The number of benzene rings is 1. The average molecular weight is 376 g/mol. The van der Waals surface area contributed by atoms with E-state index in [4.69, 9.17) is 14.2 Å².